The van der Waals surface area contributed by atoms with Crippen molar-refractivity contribution < 1.29 is 19.1 Å². The molecule has 0 aliphatic heterocycles. The predicted molar refractivity (Wildman–Crippen MR) is 168 cm³/mol. The van der Waals surface area contributed by atoms with Crippen LogP contribution in [0.5, 0.6) is 0 Å². The summed E-state index contributed by atoms with van der Waals surface area (Å²) in [7, 11) is 0. The highest BCUT2D eigenvalue weighted by Gasteiger charge is 2.71. The minimum absolute atomic E-state index is 0.0339. The number of allylic oxidation sites excluding steroid dienone is 1. The third kappa shape index (κ3) is 4.62. The fourth-order valence-corrected chi connectivity index (χ4v) is 12.4. The van der Waals surface area contributed by atoms with Gasteiger partial charge in [0.25, 0.3) is 0 Å². The highest BCUT2D eigenvalue weighted by Crippen LogP contribution is 2.77. The molecule has 6 nitrogen and oxygen atoms in total. The van der Waals surface area contributed by atoms with Gasteiger partial charge in [0.2, 0.25) is 0 Å². The summed E-state index contributed by atoms with van der Waals surface area (Å²) in [5.74, 6) is 2.88. The van der Waals surface area contributed by atoms with Crippen LogP contribution < -0.4 is 10.6 Å². The predicted octanol–water partition coefficient (Wildman–Crippen LogP) is 8.50. The molecule has 0 bridgehead atoms. The molecule has 0 radical (unpaired) electrons. The maximum Gasteiger partial charge on any atom is 0.407 e. The van der Waals surface area contributed by atoms with Crippen molar-refractivity contribution in [2.75, 3.05) is 19.7 Å². The molecule has 5 unspecified atom stereocenters. The zero-order chi connectivity index (χ0) is 30.7. The molecule has 238 valence electrons. The molecule has 0 spiro atoms. The highest BCUT2D eigenvalue weighted by atomic mass is 16.6. The van der Waals surface area contributed by atoms with Gasteiger partial charge in [-0.3, -0.25) is 0 Å². The van der Waals surface area contributed by atoms with Crippen LogP contribution in [0, 0.1) is 56.7 Å². The van der Waals surface area contributed by atoms with Gasteiger partial charge in [0.1, 0.15) is 6.10 Å². The Kier molecular flexibility index (Phi) is 8.31. The van der Waals surface area contributed by atoms with Gasteiger partial charge >= 0.3 is 12.2 Å². The third-order valence-electron chi connectivity index (χ3n) is 14.6. The van der Waals surface area contributed by atoms with Crippen LogP contribution >= 0.6 is 0 Å². The Morgan fingerprint density at radius 3 is 2.14 bits per heavy atom. The van der Waals surface area contributed by atoms with Crippen molar-refractivity contribution in [2.45, 2.75) is 126 Å². The highest BCUT2D eigenvalue weighted by molar-refractivity contribution is 5.67. The summed E-state index contributed by atoms with van der Waals surface area (Å²) in [6, 6.07) is 0. The van der Waals surface area contributed by atoms with E-state index in [1.165, 1.54) is 44.1 Å². The monoisotopic (exact) mass is 584 g/mol. The van der Waals surface area contributed by atoms with Crippen molar-refractivity contribution in [3.63, 3.8) is 0 Å². The van der Waals surface area contributed by atoms with E-state index in [0.29, 0.717) is 49.3 Å². The Labute approximate surface area is 255 Å². The van der Waals surface area contributed by atoms with Gasteiger partial charge in [-0.15, -0.1) is 0 Å². The molecule has 0 heterocycles. The molecule has 0 aromatic rings. The van der Waals surface area contributed by atoms with E-state index in [-0.39, 0.29) is 45.4 Å². The van der Waals surface area contributed by atoms with E-state index in [2.05, 4.69) is 58.8 Å². The first-order chi connectivity index (χ1) is 19.7. The zero-order valence-electron chi connectivity index (χ0n) is 28.0. The third-order valence-corrected chi connectivity index (χ3v) is 14.6. The summed E-state index contributed by atoms with van der Waals surface area (Å²) in [4.78, 5) is 24.9. The second-order valence-corrected chi connectivity index (χ2v) is 16.4. The van der Waals surface area contributed by atoms with Gasteiger partial charge in [-0.25, -0.2) is 9.59 Å². The van der Waals surface area contributed by atoms with E-state index in [1.54, 1.807) is 0 Å². The Morgan fingerprint density at radius 2 is 1.48 bits per heavy atom. The molecule has 5 aliphatic rings. The van der Waals surface area contributed by atoms with Crippen molar-refractivity contribution >= 4 is 12.2 Å². The summed E-state index contributed by atoms with van der Waals surface area (Å²) >= 11 is 0. The van der Waals surface area contributed by atoms with E-state index in [9.17, 15) is 9.59 Å². The van der Waals surface area contributed by atoms with Crippen LogP contribution in [0.25, 0.3) is 0 Å². The number of hydrogen-bond acceptors (Lipinski definition) is 4. The van der Waals surface area contributed by atoms with E-state index in [4.69, 9.17) is 9.47 Å². The molecule has 0 aromatic heterocycles. The summed E-state index contributed by atoms with van der Waals surface area (Å²) in [5, 5.41) is 5.70. The largest absolute Gasteiger partial charge is 0.449 e. The van der Waals surface area contributed by atoms with Gasteiger partial charge < -0.3 is 20.1 Å². The van der Waals surface area contributed by atoms with Crippen molar-refractivity contribution in [3.8, 4) is 0 Å². The maximum absolute atomic E-state index is 12.5. The molecule has 5 aliphatic carbocycles. The fourth-order valence-electron chi connectivity index (χ4n) is 12.4. The minimum Gasteiger partial charge on any atom is -0.449 e. The molecule has 5 saturated carbocycles. The van der Waals surface area contributed by atoms with Gasteiger partial charge in [0.15, 0.2) is 0 Å². The van der Waals surface area contributed by atoms with Gasteiger partial charge in [-0.1, -0.05) is 46.8 Å². The Morgan fingerprint density at radius 1 is 0.786 bits per heavy atom. The number of carbonyl (C=O) groups excluding carboxylic acids is 2. The maximum atomic E-state index is 12.5. The molecule has 2 amide bonds. The van der Waals surface area contributed by atoms with E-state index in [1.807, 2.05) is 13.8 Å². The fraction of sp³-hybridized carbons (Fsp3) is 0.889. The van der Waals surface area contributed by atoms with Gasteiger partial charge in [-0.05, 0) is 131 Å². The van der Waals surface area contributed by atoms with Crippen molar-refractivity contribution in [2.24, 2.45) is 56.7 Å². The van der Waals surface area contributed by atoms with Crippen LogP contribution in [-0.4, -0.2) is 38.0 Å². The van der Waals surface area contributed by atoms with Gasteiger partial charge in [-0.2, -0.15) is 0 Å². The number of carbonyl (C=O) groups is 2. The van der Waals surface area contributed by atoms with Gasteiger partial charge in [0, 0.05) is 23.9 Å². The lowest BCUT2D eigenvalue weighted by Gasteiger charge is -2.73. The Bertz CT molecular complexity index is 1070. The topological polar surface area (TPSA) is 76.7 Å². The summed E-state index contributed by atoms with van der Waals surface area (Å²) in [6.45, 7) is 25.0. The molecule has 6 heteroatoms. The van der Waals surface area contributed by atoms with Crippen molar-refractivity contribution in [1.29, 1.82) is 0 Å². The average molecular weight is 585 g/mol. The quantitative estimate of drug-likeness (QED) is 0.307. The number of nitrogens with one attached hydrogen (secondary N) is 2. The van der Waals surface area contributed by atoms with Crippen LogP contribution in [0.1, 0.15) is 120 Å². The average Bonchev–Trinajstić information content (AvgIpc) is 3.30. The number of fused-ring (bicyclic) bond motifs is 7. The summed E-state index contributed by atoms with van der Waals surface area (Å²) in [6.07, 6.45) is 11.2. The Hall–Kier alpha value is -1.72. The van der Waals surface area contributed by atoms with Gasteiger partial charge in [0.05, 0.1) is 6.61 Å². The molecule has 0 aromatic carbocycles. The number of alkyl carbamates (subject to hydrolysis) is 2. The standard InChI is InChI=1S/C36H60N2O4/c1-10-37-30(39)41-22-36-19-14-24(23(3)4)29(36)25-12-13-27-33(7)17-16-28(42-31(40)38-11-2)32(5,6)26(33)15-18-35(27,9)34(25,8)20-21-36/h24-29H,3,10-22H2,1-2,4-9H3,(H,37,39)(H,38,40)/t24?,25?,26?,27?,28-,29?,33-,34+,35+,36+/m0/s1. The van der Waals surface area contributed by atoms with E-state index < -0.39 is 0 Å². The van der Waals surface area contributed by atoms with Crippen molar-refractivity contribution in [1.82, 2.24) is 10.6 Å². The smallest absolute Gasteiger partial charge is 0.407 e. The lowest BCUT2D eigenvalue weighted by atomic mass is 9.32. The summed E-state index contributed by atoms with van der Waals surface area (Å²) in [5.41, 5.74) is 2.09. The minimum atomic E-state index is -0.269. The lowest BCUT2D eigenvalue weighted by molar-refractivity contribution is -0.249. The molecule has 42 heavy (non-hydrogen) atoms. The van der Waals surface area contributed by atoms with E-state index in [0.717, 1.165) is 25.7 Å². The first-order valence-electron chi connectivity index (χ1n) is 17.2. The zero-order valence-corrected chi connectivity index (χ0v) is 28.0. The molecular weight excluding hydrogens is 524 g/mol. The number of amides is 2. The van der Waals surface area contributed by atoms with Crippen LogP contribution in [0.3, 0.4) is 0 Å². The number of hydrogen-bond donors (Lipinski definition) is 2. The first-order valence-corrected chi connectivity index (χ1v) is 17.2. The molecule has 5 rings (SSSR count). The van der Waals surface area contributed by atoms with Crippen LogP contribution in [0.15, 0.2) is 12.2 Å². The second kappa shape index (κ2) is 11.0. The summed E-state index contributed by atoms with van der Waals surface area (Å²) < 4.78 is 12.0. The van der Waals surface area contributed by atoms with Crippen molar-refractivity contribution in [3.05, 3.63) is 12.2 Å². The van der Waals surface area contributed by atoms with Crippen LogP contribution in [-0.2, 0) is 9.47 Å². The Balaban J connectivity index is 1.44. The number of ether oxygens (including phenoxy) is 2. The van der Waals surface area contributed by atoms with Crippen LogP contribution in [0.2, 0.25) is 0 Å². The van der Waals surface area contributed by atoms with E-state index >= 15 is 0 Å². The SMILES string of the molecule is C=C(C)C1CC[C@]2(COC(=O)NCC)CC[C@]3(C)C(CCC4[C@@]5(C)CC[C@H](OC(=O)NCC)C(C)(C)C5CC[C@]43C)C12. The normalized spacial score (nSPS) is 45.3. The molecular formula is C36H60N2O4. The lowest BCUT2D eigenvalue weighted by Crippen LogP contribution is -2.67. The van der Waals surface area contributed by atoms with Crippen LogP contribution in [0.4, 0.5) is 9.59 Å². The molecule has 0 saturated heterocycles. The second-order valence-electron chi connectivity index (χ2n) is 16.4. The molecule has 2 N–H and O–H groups in total. The number of rotatable bonds is 6. The first kappa shape index (κ1) is 31.7. The molecule has 5 fully saturated rings. The molecule has 10 atom stereocenters.